The summed E-state index contributed by atoms with van der Waals surface area (Å²) in [5.41, 5.74) is 1.26. The van der Waals surface area contributed by atoms with E-state index >= 15 is 0 Å². The maximum atomic E-state index is 6.11. The Morgan fingerprint density at radius 1 is 1.38 bits per heavy atom. The first-order chi connectivity index (χ1) is 10.2. The number of halogens is 1. The molecule has 21 heavy (non-hydrogen) atoms. The highest BCUT2D eigenvalue weighted by Crippen LogP contribution is 2.40. The predicted molar refractivity (Wildman–Crippen MR) is 90.2 cm³/mol. The quantitative estimate of drug-likeness (QED) is 0.778. The summed E-state index contributed by atoms with van der Waals surface area (Å²) < 4.78 is 5.58. The molecular formula is C18H28ClNO. The molecule has 1 N–H and O–H groups in total. The monoisotopic (exact) mass is 309 g/mol. The number of nitrogens with one attached hydrogen (secondary N) is 1. The highest BCUT2D eigenvalue weighted by Gasteiger charge is 2.29. The van der Waals surface area contributed by atoms with Crippen molar-refractivity contribution in [2.75, 3.05) is 13.7 Å². The Morgan fingerprint density at radius 2 is 2.19 bits per heavy atom. The van der Waals surface area contributed by atoms with Gasteiger partial charge >= 0.3 is 0 Å². The van der Waals surface area contributed by atoms with E-state index in [0.29, 0.717) is 12.0 Å². The van der Waals surface area contributed by atoms with Crippen molar-refractivity contribution >= 4 is 11.6 Å². The van der Waals surface area contributed by atoms with E-state index in [4.69, 9.17) is 16.3 Å². The Morgan fingerprint density at radius 3 is 2.86 bits per heavy atom. The summed E-state index contributed by atoms with van der Waals surface area (Å²) >= 11 is 6.11. The lowest BCUT2D eigenvalue weighted by Gasteiger charge is -2.35. The Kier molecular flexibility index (Phi) is 6.38. The second-order valence-electron chi connectivity index (χ2n) is 6.35. The van der Waals surface area contributed by atoms with Gasteiger partial charge in [0.15, 0.2) is 0 Å². The van der Waals surface area contributed by atoms with E-state index in [1.165, 1.54) is 31.2 Å². The van der Waals surface area contributed by atoms with Crippen LogP contribution in [-0.2, 0) is 0 Å². The number of hydrogen-bond acceptors (Lipinski definition) is 2. The molecule has 0 aromatic heterocycles. The molecule has 0 saturated heterocycles. The van der Waals surface area contributed by atoms with Crippen molar-refractivity contribution in [1.29, 1.82) is 0 Å². The largest absolute Gasteiger partial charge is 0.496 e. The van der Waals surface area contributed by atoms with Crippen LogP contribution in [-0.4, -0.2) is 13.7 Å². The van der Waals surface area contributed by atoms with Gasteiger partial charge in [0, 0.05) is 16.6 Å². The summed E-state index contributed by atoms with van der Waals surface area (Å²) in [5, 5.41) is 4.48. The maximum Gasteiger partial charge on any atom is 0.125 e. The van der Waals surface area contributed by atoms with Crippen LogP contribution < -0.4 is 10.1 Å². The number of rotatable bonds is 6. The van der Waals surface area contributed by atoms with E-state index in [9.17, 15) is 0 Å². The fraction of sp³-hybridized carbons (Fsp3) is 0.667. The van der Waals surface area contributed by atoms with E-state index in [1.54, 1.807) is 7.11 Å². The fourth-order valence-corrected chi connectivity index (χ4v) is 3.72. The van der Waals surface area contributed by atoms with Gasteiger partial charge in [-0.15, -0.1) is 0 Å². The van der Waals surface area contributed by atoms with Gasteiger partial charge in [0.2, 0.25) is 0 Å². The van der Waals surface area contributed by atoms with Crippen molar-refractivity contribution in [3.63, 3.8) is 0 Å². The van der Waals surface area contributed by atoms with Crippen LogP contribution in [0.1, 0.15) is 57.6 Å². The van der Waals surface area contributed by atoms with Crippen LogP contribution in [0, 0.1) is 11.8 Å². The van der Waals surface area contributed by atoms with E-state index < -0.39 is 0 Å². The molecule has 3 unspecified atom stereocenters. The molecule has 118 valence electrons. The molecule has 0 aliphatic heterocycles. The van der Waals surface area contributed by atoms with Crippen LogP contribution in [0.4, 0.5) is 0 Å². The molecule has 0 spiro atoms. The van der Waals surface area contributed by atoms with E-state index in [-0.39, 0.29) is 0 Å². The molecule has 1 aliphatic carbocycles. The van der Waals surface area contributed by atoms with E-state index in [2.05, 4.69) is 25.2 Å². The second-order valence-corrected chi connectivity index (χ2v) is 6.79. The van der Waals surface area contributed by atoms with Crippen molar-refractivity contribution in [2.45, 2.75) is 52.0 Å². The molecule has 3 heteroatoms. The Balaban J connectivity index is 2.26. The molecule has 1 aliphatic rings. The van der Waals surface area contributed by atoms with Gasteiger partial charge < -0.3 is 10.1 Å². The molecule has 3 atom stereocenters. The van der Waals surface area contributed by atoms with Crippen LogP contribution in [0.15, 0.2) is 18.2 Å². The minimum atomic E-state index is 0.375. The minimum absolute atomic E-state index is 0.375. The number of hydrogen-bond donors (Lipinski definition) is 1. The zero-order valence-electron chi connectivity index (χ0n) is 13.5. The molecule has 0 radical (unpaired) electrons. The fourth-order valence-electron chi connectivity index (χ4n) is 3.56. The van der Waals surface area contributed by atoms with Crippen LogP contribution >= 0.6 is 11.6 Å². The van der Waals surface area contributed by atoms with E-state index in [1.807, 2.05) is 12.1 Å². The zero-order chi connectivity index (χ0) is 15.2. The molecule has 0 heterocycles. The Hall–Kier alpha value is -0.730. The Labute approximate surface area is 134 Å². The highest BCUT2D eigenvalue weighted by atomic mass is 35.5. The van der Waals surface area contributed by atoms with Crippen molar-refractivity contribution in [1.82, 2.24) is 5.32 Å². The first-order valence-electron chi connectivity index (χ1n) is 8.22. The first kappa shape index (κ1) is 16.6. The third-order valence-corrected chi connectivity index (χ3v) is 4.83. The molecule has 1 saturated carbocycles. The van der Waals surface area contributed by atoms with Gasteiger partial charge in [-0.1, -0.05) is 44.4 Å². The third-order valence-electron chi connectivity index (χ3n) is 4.59. The van der Waals surface area contributed by atoms with Crippen LogP contribution in [0.2, 0.25) is 5.02 Å². The highest BCUT2D eigenvalue weighted by molar-refractivity contribution is 6.30. The van der Waals surface area contributed by atoms with Gasteiger partial charge in [-0.05, 0) is 49.8 Å². The van der Waals surface area contributed by atoms with Gasteiger partial charge in [0.05, 0.1) is 7.11 Å². The maximum absolute atomic E-state index is 6.11. The lowest BCUT2D eigenvalue weighted by Crippen LogP contribution is -2.32. The predicted octanol–water partition coefficient (Wildman–Crippen LogP) is 5.22. The minimum Gasteiger partial charge on any atom is -0.496 e. The molecule has 2 rings (SSSR count). The first-order valence-corrected chi connectivity index (χ1v) is 8.60. The van der Waals surface area contributed by atoms with Crippen molar-refractivity contribution in [3.8, 4) is 5.75 Å². The summed E-state index contributed by atoms with van der Waals surface area (Å²) in [6.07, 6.45) is 6.46. The van der Waals surface area contributed by atoms with Crippen molar-refractivity contribution in [3.05, 3.63) is 28.8 Å². The van der Waals surface area contributed by atoms with Gasteiger partial charge in [0.1, 0.15) is 5.75 Å². The normalized spacial score (nSPS) is 23.8. The summed E-state index contributed by atoms with van der Waals surface area (Å²) in [7, 11) is 1.73. The van der Waals surface area contributed by atoms with Gasteiger partial charge in [0.25, 0.3) is 0 Å². The van der Waals surface area contributed by atoms with Gasteiger partial charge in [-0.2, -0.15) is 0 Å². The number of benzene rings is 1. The van der Waals surface area contributed by atoms with Crippen LogP contribution in [0.5, 0.6) is 5.75 Å². The average molecular weight is 310 g/mol. The second kappa shape index (κ2) is 8.05. The molecular weight excluding hydrogens is 282 g/mol. The molecule has 0 amide bonds. The Bertz CT molecular complexity index is 449. The summed E-state index contributed by atoms with van der Waals surface area (Å²) in [6.45, 7) is 5.64. The van der Waals surface area contributed by atoms with Crippen LogP contribution in [0.25, 0.3) is 0 Å². The number of ether oxygens (including phenoxy) is 1. The molecule has 2 nitrogen and oxygen atoms in total. The molecule has 1 aromatic rings. The number of methoxy groups -OCH3 is 1. The molecule has 1 aromatic carbocycles. The molecule has 0 bridgehead atoms. The van der Waals surface area contributed by atoms with E-state index in [0.717, 1.165) is 29.7 Å². The SMILES string of the molecule is CCCNC(c1ccc(Cl)cc1OC)C1CCCC(C)C1. The van der Waals surface area contributed by atoms with Crippen molar-refractivity contribution < 1.29 is 4.74 Å². The third kappa shape index (κ3) is 4.37. The lowest BCUT2D eigenvalue weighted by atomic mass is 9.76. The standard InChI is InChI=1S/C18H28ClNO/c1-4-10-20-18(14-7-5-6-13(2)11-14)16-9-8-15(19)12-17(16)21-3/h8-9,12-14,18,20H,4-7,10-11H2,1-3H3. The summed E-state index contributed by atoms with van der Waals surface area (Å²) in [6, 6.07) is 6.42. The van der Waals surface area contributed by atoms with Crippen LogP contribution in [0.3, 0.4) is 0 Å². The summed E-state index contributed by atoms with van der Waals surface area (Å²) in [5.74, 6) is 2.43. The van der Waals surface area contributed by atoms with Gasteiger partial charge in [-0.3, -0.25) is 0 Å². The average Bonchev–Trinajstić information content (AvgIpc) is 2.49. The lowest BCUT2D eigenvalue weighted by molar-refractivity contribution is 0.220. The topological polar surface area (TPSA) is 21.3 Å². The smallest absolute Gasteiger partial charge is 0.125 e. The zero-order valence-corrected chi connectivity index (χ0v) is 14.2. The molecule has 1 fully saturated rings. The van der Waals surface area contributed by atoms with Gasteiger partial charge in [-0.25, -0.2) is 0 Å². The summed E-state index contributed by atoms with van der Waals surface area (Å²) in [4.78, 5) is 0. The van der Waals surface area contributed by atoms with Crippen molar-refractivity contribution in [2.24, 2.45) is 11.8 Å².